The van der Waals surface area contributed by atoms with Crippen LogP contribution in [0.2, 0.25) is 0 Å². The molecule has 0 aliphatic carbocycles. The van der Waals surface area contributed by atoms with Crippen molar-refractivity contribution in [3.8, 4) is 22.4 Å². The van der Waals surface area contributed by atoms with E-state index in [-0.39, 0.29) is 0 Å². The third-order valence-corrected chi connectivity index (χ3v) is 4.92. The van der Waals surface area contributed by atoms with Crippen molar-refractivity contribution in [3.05, 3.63) is 96.7 Å². The second-order valence-electron chi connectivity index (χ2n) is 7.36. The lowest BCUT2D eigenvalue weighted by atomic mass is 10.0. The molecule has 0 amide bonds. The number of allylic oxidation sites excluding steroid dienone is 2. The Morgan fingerprint density at radius 1 is 0.931 bits per heavy atom. The van der Waals surface area contributed by atoms with Crippen LogP contribution in [0.3, 0.4) is 0 Å². The summed E-state index contributed by atoms with van der Waals surface area (Å²) in [6.45, 7) is 5.40. The lowest BCUT2D eigenvalue weighted by Gasteiger charge is -2.06. The second kappa shape index (κ2) is 10.5. The summed E-state index contributed by atoms with van der Waals surface area (Å²) in [5.74, 6) is 0. The van der Waals surface area contributed by atoms with Crippen LogP contribution in [0.4, 0.5) is 4.39 Å². The minimum absolute atomic E-state index is 0.629. The van der Waals surface area contributed by atoms with E-state index in [1.807, 2.05) is 12.3 Å². The molecule has 0 radical (unpaired) electrons. The maximum absolute atomic E-state index is 12.8. The Bertz CT molecular complexity index is 920. The molecule has 1 aromatic heterocycles. The first-order valence-corrected chi connectivity index (χ1v) is 10.2. The van der Waals surface area contributed by atoms with Crippen molar-refractivity contribution in [2.75, 3.05) is 0 Å². The van der Waals surface area contributed by atoms with Gasteiger partial charge in [-0.2, -0.15) is 0 Å². The molecule has 3 aromatic rings. The smallest absolute Gasteiger partial charge is 0.0973 e. The van der Waals surface area contributed by atoms with Crippen LogP contribution >= 0.6 is 0 Å². The zero-order valence-corrected chi connectivity index (χ0v) is 17.0. The first-order chi connectivity index (χ1) is 14.2. The Morgan fingerprint density at radius 2 is 1.62 bits per heavy atom. The normalized spacial score (nSPS) is 12.2. The van der Waals surface area contributed by atoms with E-state index < -0.39 is 6.17 Å². The Labute approximate surface area is 173 Å². The van der Waals surface area contributed by atoms with Gasteiger partial charge in [-0.25, -0.2) is 4.39 Å². The summed E-state index contributed by atoms with van der Waals surface area (Å²) in [4.78, 5) is 4.65. The van der Waals surface area contributed by atoms with Gasteiger partial charge in [0.15, 0.2) is 0 Å². The number of alkyl halides is 1. The van der Waals surface area contributed by atoms with Gasteiger partial charge in [-0.15, -0.1) is 6.58 Å². The van der Waals surface area contributed by atoms with Crippen LogP contribution in [-0.4, -0.2) is 11.2 Å². The molecule has 0 fully saturated rings. The lowest BCUT2D eigenvalue weighted by molar-refractivity contribution is 0.335. The highest BCUT2D eigenvalue weighted by atomic mass is 19.1. The summed E-state index contributed by atoms with van der Waals surface area (Å²) >= 11 is 0. The van der Waals surface area contributed by atoms with E-state index in [1.165, 1.54) is 11.1 Å². The predicted molar refractivity (Wildman–Crippen MR) is 122 cm³/mol. The second-order valence-corrected chi connectivity index (χ2v) is 7.36. The van der Waals surface area contributed by atoms with Crippen molar-refractivity contribution < 1.29 is 4.39 Å². The number of unbranched alkanes of at least 4 members (excludes halogenated alkanes) is 1. The summed E-state index contributed by atoms with van der Waals surface area (Å²) < 4.78 is 12.8. The number of nitrogens with zero attached hydrogens (tertiary/aromatic N) is 1. The Kier molecular flexibility index (Phi) is 7.52. The number of aromatic nitrogens is 1. The average molecular weight is 386 g/mol. The van der Waals surface area contributed by atoms with Crippen LogP contribution in [0.1, 0.15) is 37.3 Å². The van der Waals surface area contributed by atoms with Crippen LogP contribution in [-0.2, 0) is 6.42 Å². The zero-order valence-electron chi connectivity index (χ0n) is 17.0. The fraction of sp³-hybridized carbons (Fsp3) is 0.222. The van der Waals surface area contributed by atoms with E-state index >= 15 is 0 Å². The molecule has 148 valence electrons. The monoisotopic (exact) mass is 385 g/mol. The number of pyridine rings is 1. The fourth-order valence-corrected chi connectivity index (χ4v) is 3.24. The number of rotatable bonds is 9. The maximum Gasteiger partial charge on any atom is 0.0973 e. The van der Waals surface area contributed by atoms with Crippen LogP contribution in [0.25, 0.3) is 28.5 Å². The van der Waals surface area contributed by atoms with E-state index in [9.17, 15) is 4.39 Å². The topological polar surface area (TPSA) is 12.9 Å². The number of hydrogen-bond acceptors (Lipinski definition) is 1. The first-order valence-electron chi connectivity index (χ1n) is 10.2. The highest BCUT2D eigenvalue weighted by Gasteiger charge is 2.02. The van der Waals surface area contributed by atoms with Gasteiger partial charge in [0, 0.05) is 17.3 Å². The fourth-order valence-electron chi connectivity index (χ4n) is 3.24. The molecule has 0 saturated heterocycles. The van der Waals surface area contributed by atoms with Gasteiger partial charge in [-0.05, 0) is 55.4 Å². The molecule has 1 unspecified atom stereocenters. The Morgan fingerprint density at radius 3 is 2.24 bits per heavy atom. The molecular weight excluding hydrogens is 357 g/mol. The molecule has 2 heteroatoms. The van der Waals surface area contributed by atoms with Gasteiger partial charge in [-0.3, -0.25) is 4.98 Å². The molecule has 0 spiro atoms. The molecule has 2 aromatic carbocycles. The standard InChI is InChI=1S/C27H28FN/c1-3-7-22-10-14-24(15-11-22)26-18-19-27(29-20-26)25-16-12-23(13-17-25)9-6-4-5-8-21(2)28/h3,6,9-21H,1,4-5,7-8H2,2H3. The van der Waals surface area contributed by atoms with Gasteiger partial charge in [0.1, 0.15) is 0 Å². The van der Waals surface area contributed by atoms with E-state index in [0.717, 1.165) is 41.6 Å². The molecule has 1 atom stereocenters. The average Bonchev–Trinajstić information content (AvgIpc) is 2.75. The Hall–Kier alpha value is -3.00. The van der Waals surface area contributed by atoms with Gasteiger partial charge in [0.05, 0.1) is 11.9 Å². The van der Waals surface area contributed by atoms with Crippen molar-refractivity contribution in [2.45, 2.75) is 38.8 Å². The molecule has 0 N–H and O–H groups in total. The molecule has 0 aliphatic rings. The third kappa shape index (κ3) is 6.25. The van der Waals surface area contributed by atoms with Crippen LogP contribution in [0, 0.1) is 0 Å². The summed E-state index contributed by atoms with van der Waals surface area (Å²) in [7, 11) is 0. The third-order valence-electron chi connectivity index (χ3n) is 4.92. The number of benzene rings is 2. The largest absolute Gasteiger partial charge is 0.256 e. The molecule has 3 rings (SSSR count). The first kappa shape index (κ1) is 20.7. The molecule has 29 heavy (non-hydrogen) atoms. The molecule has 1 nitrogen and oxygen atoms in total. The van der Waals surface area contributed by atoms with Crippen molar-refractivity contribution in [1.82, 2.24) is 4.98 Å². The SMILES string of the molecule is C=CCc1ccc(-c2ccc(-c3ccc(C=CCCCC(C)F)cc3)nc2)cc1. The predicted octanol–water partition coefficient (Wildman–Crippen LogP) is 7.69. The van der Waals surface area contributed by atoms with E-state index in [2.05, 4.69) is 84.4 Å². The highest BCUT2D eigenvalue weighted by molar-refractivity contribution is 5.68. The Balaban J connectivity index is 1.62. The molecule has 0 aliphatic heterocycles. The van der Waals surface area contributed by atoms with Crippen molar-refractivity contribution in [3.63, 3.8) is 0 Å². The lowest BCUT2D eigenvalue weighted by Crippen LogP contribution is -1.90. The summed E-state index contributed by atoms with van der Waals surface area (Å²) in [5, 5.41) is 0. The molecule has 0 saturated carbocycles. The minimum atomic E-state index is -0.710. The maximum atomic E-state index is 12.8. The summed E-state index contributed by atoms with van der Waals surface area (Å²) in [5.41, 5.74) is 6.75. The summed E-state index contributed by atoms with van der Waals surface area (Å²) in [6.07, 6.45) is 10.7. The molecule has 0 bridgehead atoms. The van der Waals surface area contributed by atoms with Gasteiger partial charge in [0.25, 0.3) is 0 Å². The number of halogens is 1. The van der Waals surface area contributed by atoms with Gasteiger partial charge in [0.2, 0.25) is 0 Å². The van der Waals surface area contributed by atoms with Crippen molar-refractivity contribution in [1.29, 1.82) is 0 Å². The zero-order chi connectivity index (χ0) is 20.5. The van der Waals surface area contributed by atoms with E-state index in [1.54, 1.807) is 6.92 Å². The minimum Gasteiger partial charge on any atom is -0.256 e. The molecule has 1 heterocycles. The van der Waals surface area contributed by atoms with Crippen molar-refractivity contribution in [2.24, 2.45) is 0 Å². The van der Waals surface area contributed by atoms with Crippen LogP contribution in [0.15, 0.2) is 85.6 Å². The highest BCUT2D eigenvalue weighted by Crippen LogP contribution is 2.23. The quantitative estimate of drug-likeness (QED) is 0.272. The van der Waals surface area contributed by atoms with Crippen LogP contribution in [0.5, 0.6) is 0 Å². The van der Waals surface area contributed by atoms with Crippen LogP contribution < -0.4 is 0 Å². The van der Waals surface area contributed by atoms with E-state index in [0.29, 0.717) is 6.42 Å². The molecular formula is C27H28FN. The van der Waals surface area contributed by atoms with E-state index in [4.69, 9.17) is 0 Å². The summed E-state index contributed by atoms with van der Waals surface area (Å²) in [6, 6.07) is 21.1. The van der Waals surface area contributed by atoms with Gasteiger partial charge < -0.3 is 0 Å². The van der Waals surface area contributed by atoms with Crippen molar-refractivity contribution >= 4 is 6.08 Å². The van der Waals surface area contributed by atoms with Gasteiger partial charge in [-0.1, -0.05) is 72.8 Å². The number of hydrogen-bond donors (Lipinski definition) is 0. The van der Waals surface area contributed by atoms with Gasteiger partial charge >= 0.3 is 0 Å².